The molecule has 0 fully saturated rings. The number of aliphatic hydroxyl groups is 1. The minimum atomic E-state index is 0.126. The van der Waals surface area contributed by atoms with Crippen LogP contribution < -0.4 is 11.5 Å². The Labute approximate surface area is 103 Å². The second-order valence-corrected chi connectivity index (χ2v) is 4.42. The summed E-state index contributed by atoms with van der Waals surface area (Å²) < 4.78 is 1.91. The van der Waals surface area contributed by atoms with Gasteiger partial charge in [-0.25, -0.2) is 4.98 Å². The van der Waals surface area contributed by atoms with E-state index in [2.05, 4.69) is 15.0 Å². The van der Waals surface area contributed by atoms with Crippen molar-refractivity contribution in [2.75, 3.05) is 18.1 Å². The number of hydrogen-bond acceptors (Lipinski definition) is 6. The lowest BCUT2D eigenvalue weighted by Crippen LogP contribution is -2.09. The van der Waals surface area contributed by atoms with E-state index in [1.165, 1.54) is 0 Å². The first-order valence-electron chi connectivity index (χ1n) is 5.73. The fourth-order valence-corrected chi connectivity index (χ4v) is 2.29. The lowest BCUT2D eigenvalue weighted by molar-refractivity contribution is 0.244. The van der Waals surface area contributed by atoms with E-state index in [9.17, 15) is 0 Å². The highest BCUT2D eigenvalue weighted by Gasteiger charge is 2.22. The average molecular weight is 246 g/mol. The van der Waals surface area contributed by atoms with E-state index in [0.29, 0.717) is 11.2 Å². The van der Waals surface area contributed by atoms with Crippen LogP contribution in [-0.4, -0.2) is 31.2 Å². The van der Waals surface area contributed by atoms with Crippen molar-refractivity contribution in [2.45, 2.75) is 12.5 Å². The molecule has 5 N–H and O–H groups in total. The first kappa shape index (κ1) is 11.0. The fourth-order valence-electron chi connectivity index (χ4n) is 2.29. The van der Waals surface area contributed by atoms with Crippen LogP contribution in [0.5, 0.6) is 0 Å². The molecule has 0 saturated carbocycles. The molecule has 0 bridgehead atoms. The van der Waals surface area contributed by atoms with E-state index in [4.69, 9.17) is 16.6 Å². The number of nitrogens with zero attached hydrogens (tertiary/aromatic N) is 4. The third-order valence-corrected chi connectivity index (χ3v) is 3.21. The number of aliphatic hydroxyl groups excluding tert-OH is 1. The molecule has 2 aromatic rings. The van der Waals surface area contributed by atoms with Crippen LogP contribution in [0.15, 0.2) is 18.5 Å². The van der Waals surface area contributed by atoms with Gasteiger partial charge in [0.2, 0.25) is 5.95 Å². The summed E-state index contributed by atoms with van der Waals surface area (Å²) in [6.45, 7) is 0.152. The molecular weight excluding hydrogens is 232 g/mol. The predicted molar refractivity (Wildman–Crippen MR) is 67.5 cm³/mol. The topological polar surface area (TPSA) is 116 Å². The lowest BCUT2D eigenvalue weighted by atomic mass is 10.1. The van der Waals surface area contributed by atoms with Crippen LogP contribution in [0.1, 0.15) is 12.5 Å². The number of nitrogens with two attached hydrogens (primary N) is 2. The number of rotatable bonds is 2. The van der Waals surface area contributed by atoms with E-state index >= 15 is 0 Å². The van der Waals surface area contributed by atoms with Crippen molar-refractivity contribution in [3.63, 3.8) is 0 Å². The van der Waals surface area contributed by atoms with Gasteiger partial charge < -0.3 is 21.1 Å². The van der Waals surface area contributed by atoms with Gasteiger partial charge in [0.05, 0.1) is 12.4 Å². The van der Waals surface area contributed by atoms with Gasteiger partial charge in [0, 0.05) is 12.5 Å². The van der Waals surface area contributed by atoms with Gasteiger partial charge in [-0.05, 0) is 6.42 Å². The average Bonchev–Trinajstić information content (AvgIpc) is 2.93. The molecule has 0 saturated heterocycles. The predicted octanol–water partition coefficient (Wildman–Crippen LogP) is 0.100. The second-order valence-electron chi connectivity index (χ2n) is 4.42. The van der Waals surface area contributed by atoms with Gasteiger partial charge in [0.1, 0.15) is 5.52 Å². The SMILES string of the molecule is Nc1nc(N)c2ncn([C@@H]3C=C[C@@H](CO)C3)c2n1. The molecule has 2 atom stereocenters. The van der Waals surface area contributed by atoms with Gasteiger partial charge in [-0.1, -0.05) is 12.2 Å². The number of imidazole rings is 1. The van der Waals surface area contributed by atoms with Gasteiger partial charge in [-0.15, -0.1) is 0 Å². The normalized spacial score (nSPS) is 22.9. The molecule has 2 heterocycles. The summed E-state index contributed by atoms with van der Waals surface area (Å²) in [7, 11) is 0. The molecule has 0 spiro atoms. The molecule has 0 amide bonds. The van der Waals surface area contributed by atoms with Crippen molar-refractivity contribution in [1.29, 1.82) is 0 Å². The van der Waals surface area contributed by atoms with Crippen molar-refractivity contribution in [3.05, 3.63) is 18.5 Å². The van der Waals surface area contributed by atoms with Crippen LogP contribution in [-0.2, 0) is 0 Å². The Morgan fingerprint density at radius 3 is 2.89 bits per heavy atom. The summed E-state index contributed by atoms with van der Waals surface area (Å²) in [5.41, 5.74) is 12.6. The van der Waals surface area contributed by atoms with Crippen LogP contribution in [0.2, 0.25) is 0 Å². The minimum Gasteiger partial charge on any atom is -0.396 e. The highest BCUT2D eigenvalue weighted by atomic mass is 16.3. The summed E-state index contributed by atoms with van der Waals surface area (Å²) in [6, 6.07) is 0.126. The fraction of sp³-hybridized carbons (Fsp3) is 0.364. The summed E-state index contributed by atoms with van der Waals surface area (Å²) in [5, 5.41) is 9.14. The summed E-state index contributed by atoms with van der Waals surface area (Å²) in [4.78, 5) is 12.3. The third-order valence-electron chi connectivity index (χ3n) is 3.21. The third kappa shape index (κ3) is 1.60. The van der Waals surface area contributed by atoms with Crippen molar-refractivity contribution in [3.8, 4) is 0 Å². The first-order chi connectivity index (χ1) is 8.69. The van der Waals surface area contributed by atoms with Crippen LogP contribution in [0, 0.1) is 5.92 Å². The number of fused-ring (bicyclic) bond motifs is 1. The molecule has 0 radical (unpaired) electrons. The molecular formula is C11H14N6O. The molecule has 94 valence electrons. The Hall–Kier alpha value is -2.15. The molecule has 7 heteroatoms. The number of allylic oxidation sites excluding steroid dienone is 1. The van der Waals surface area contributed by atoms with Crippen molar-refractivity contribution in [1.82, 2.24) is 19.5 Å². The lowest BCUT2D eigenvalue weighted by Gasteiger charge is -2.12. The largest absolute Gasteiger partial charge is 0.396 e. The zero-order chi connectivity index (χ0) is 12.7. The first-order valence-corrected chi connectivity index (χ1v) is 5.73. The molecule has 0 aromatic carbocycles. The number of hydrogen-bond donors (Lipinski definition) is 3. The van der Waals surface area contributed by atoms with Gasteiger partial charge >= 0.3 is 0 Å². The smallest absolute Gasteiger partial charge is 0.224 e. The number of anilines is 2. The molecule has 1 aliphatic rings. The van der Waals surface area contributed by atoms with Crippen molar-refractivity contribution < 1.29 is 5.11 Å². The van der Waals surface area contributed by atoms with E-state index < -0.39 is 0 Å². The second kappa shape index (κ2) is 3.95. The van der Waals surface area contributed by atoms with Gasteiger partial charge in [-0.3, -0.25) is 0 Å². The van der Waals surface area contributed by atoms with Crippen LogP contribution in [0.4, 0.5) is 11.8 Å². The van der Waals surface area contributed by atoms with Crippen LogP contribution in [0.25, 0.3) is 11.2 Å². The Morgan fingerprint density at radius 2 is 2.17 bits per heavy atom. The highest BCUT2D eigenvalue weighted by Crippen LogP contribution is 2.30. The van der Waals surface area contributed by atoms with Gasteiger partial charge in [0.15, 0.2) is 11.5 Å². The quantitative estimate of drug-likeness (QED) is 0.647. The molecule has 18 heavy (non-hydrogen) atoms. The Morgan fingerprint density at radius 1 is 1.33 bits per heavy atom. The van der Waals surface area contributed by atoms with E-state index in [1.807, 2.05) is 16.7 Å². The minimum absolute atomic E-state index is 0.126. The molecule has 1 aliphatic carbocycles. The Kier molecular flexibility index (Phi) is 2.41. The molecule has 0 aliphatic heterocycles. The summed E-state index contributed by atoms with van der Waals surface area (Å²) in [6.07, 6.45) is 6.55. The van der Waals surface area contributed by atoms with Crippen LogP contribution in [0.3, 0.4) is 0 Å². The molecule has 3 rings (SSSR count). The molecule has 0 unspecified atom stereocenters. The van der Waals surface area contributed by atoms with Crippen molar-refractivity contribution in [2.24, 2.45) is 5.92 Å². The maximum absolute atomic E-state index is 9.14. The molecule has 7 nitrogen and oxygen atoms in total. The number of nitrogen functional groups attached to an aromatic ring is 2. The summed E-state index contributed by atoms with van der Waals surface area (Å²) in [5.74, 6) is 0.614. The van der Waals surface area contributed by atoms with E-state index in [0.717, 1.165) is 6.42 Å². The Balaban J connectivity index is 2.06. The monoisotopic (exact) mass is 246 g/mol. The van der Waals surface area contributed by atoms with Gasteiger partial charge in [0.25, 0.3) is 0 Å². The zero-order valence-corrected chi connectivity index (χ0v) is 9.69. The maximum atomic E-state index is 9.14. The Bertz CT molecular complexity index is 619. The van der Waals surface area contributed by atoms with Crippen LogP contribution >= 0.6 is 0 Å². The number of aromatic nitrogens is 4. The van der Waals surface area contributed by atoms with E-state index in [-0.39, 0.29) is 30.3 Å². The maximum Gasteiger partial charge on any atom is 0.224 e. The standard InChI is InChI=1S/C11H14N6O/c12-9-8-10(16-11(13)15-9)17(5-14-8)7-2-1-6(3-7)4-18/h1-2,5-7,18H,3-4H2,(H4,12,13,15,16)/t6-,7-/m1/s1. The van der Waals surface area contributed by atoms with Crippen molar-refractivity contribution >= 4 is 22.9 Å². The molecule has 2 aromatic heterocycles. The van der Waals surface area contributed by atoms with E-state index in [1.54, 1.807) is 6.33 Å². The van der Waals surface area contributed by atoms with Gasteiger partial charge in [-0.2, -0.15) is 9.97 Å². The highest BCUT2D eigenvalue weighted by molar-refractivity contribution is 5.82. The summed E-state index contributed by atoms with van der Waals surface area (Å²) >= 11 is 0. The zero-order valence-electron chi connectivity index (χ0n) is 9.69.